The van der Waals surface area contributed by atoms with E-state index in [1.54, 1.807) is 0 Å². The lowest BCUT2D eigenvalue weighted by Crippen LogP contribution is -2.44. The minimum Gasteiger partial charge on any atom is -0.349 e. The van der Waals surface area contributed by atoms with Crippen molar-refractivity contribution in [2.45, 2.75) is 116 Å². The zero-order valence-corrected chi connectivity index (χ0v) is 22.4. The number of carbonyl (C=O) groups is 2. The molecule has 4 rings (SSSR count). The van der Waals surface area contributed by atoms with Crippen LogP contribution in [0.4, 0.5) is 0 Å². The molecule has 2 aliphatic carbocycles. The minimum absolute atomic E-state index is 0.173. The molecular formula is C27H42N6O2. The molecule has 0 bridgehead atoms. The maximum atomic E-state index is 13.1. The van der Waals surface area contributed by atoms with Crippen LogP contribution in [0.1, 0.15) is 131 Å². The van der Waals surface area contributed by atoms with Crippen LogP contribution in [0.2, 0.25) is 0 Å². The number of nitrogens with zero attached hydrogens (tertiary/aromatic N) is 4. The van der Waals surface area contributed by atoms with E-state index in [1.165, 1.54) is 0 Å². The van der Waals surface area contributed by atoms with Gasteiger partial charge in [-0.25, -0.2) is 0 Å². The molecule has 2 fully saturated rings. The number of amides is 2. The molecule has 0 radical (unpaired) electrons. The van der Waals surface area contributed by atoms with Crippen LogP contribution in [0.15, 0.2) is 12.1 Å². The zero-order valence-electron chi connectivity index (χ0n) is 22.4. The molecule has 192 valence electrons. The van der Waals surface area contributed by atoms with Gasteiger partial charge in [0.15, 0.2) is 0 Å². The molecule has 1 unspecified atom stereocenters. The Morgan fingerprint density at radius 2 is 1.34 bits per heavy atom. The summed E-state index contributed by atoms with van der Waals surface area (Å²) in [5.74, 6) is 0.625. The lowest BCUT2D eigenvalue weighted by Gasteiger charge is -2.22. The van der Waals surface area contributed by atoms with Crippen molar-refractivity contribution < 1.29 is 9.59 Å². The minimum atomic E-state index is -0.196. The Hall–Kier alpha value is -2.64. The Morgan fingerprint density at radius 3 is 1.74 bits per heavy atom. The van der Waals surface area contributed by atoms with Gasteiger partial charge in [-0.15, -0.1) is 0 Å². The fourth-order valence-corrected chi connectivity index (χ4v) is 4.57. The van der Waals surface area contributed by atoms with Crippen molar-refractivity contribution in [2.24, 2.45) is 0 Å². The number of rotatable bonds is 9. The maximum absolute atomic E-state index is 13.1. The maximum Gasteiger partial charge on any atom is 0.272 e. The van der Waals surface area contributed by atoms with E-state index >= 15 is 0 Å². The predicted molar refractivity (Wildman–Crippen MR) is 137 cm³/mol. The van der Waals surface area contributed by atoms with Gasteiger partial charge in [-0.1, -0.05) is 13.3 Å². The van der Waals surface area contributed by atoms with Crippen molar-refractivity contribution in [3.8, 4) is 0 Å². The molecule has 35 heavy (non-hydrogen) atoms. The van der Waals surface area contributed by atoms with Gasteiger partial charge in [0.05, 0.1) is 11.1 Å². The van der Waals surface area contributed by atoms with Gasteiger partial charge < -0.3 is 10.6 Å². The molecule has 2 amide bonds. The van der Waals surface area contributed by atoms with E-state index < -0.39 is 0 Å². The summed E-state index contributed by atoms with van der Waals surface area (Å²) in [6, 6.07) is 3.70. The van der Waals surface area contributed by atoms with Crippen LogP contribution < -0.4 is 10.6 Å². The first kappa shape index (κ1) is 25.5. The van der Waals surface area contributed by atoms with Gasteiger partial charge in [0.1, 0.15) is 11.4 Å². The highest BCUT2D eigenvalue weighted by molar-refractivity contribution is 5.93. The van der Waals surface area contributed by atoms with Crippen LogP contribution in [0.5, 0.6) is 0 Å². The van der Waals surface area contributed by atoms with Crippen LogP contribution in [0.25, 0.3) is 0 Å². The molecule has 2 saturated carbocycles. The van der Waals surface area contributed by atoms with Gasteiger partial charge >= 0.3 is 0 Å². The number of hydrogen-bond donors (Lipinski definition) is 2. The van der Waals surface area contributed by atoms with Crippen LogP contribution >= 0.6 is 0 Å². The first-order chi connectivity index (χ1) is 16.4. The Balaban J connectivity index is 1.42. The quantitative estimate of drug-likeness (QED) is 0.543. The number of nitrogens with one attached hydrogen (secondary N) is 2. The van der Waals surface area contributed by atoms with Crippen LogP contribution in [-0.2, 0) is 11.1 Å². The van der Waals surface area contributed by atoms with Crippen LogP contribution in [0, 0.1) is 0 Å². The summed E-state index contributed by atoms with van der Waals surface area (Å²) < 4.78 is 3.99. The van der Waals surface area contributed by atoms with Crippen molar-refractivity contribution >= 4 is 11.8 Å². The standard InChI is InChI=1S/C27H42N6O2/c1-8-9-19(29-25(35)21-15-23(18-12-13-18)33(31-21)27(5,6)7)16-28-24(34)20-14-22(17-10-11-17)32(30-20)26(2,3)4/h14-15,17-19H,8-13,16H2,1-7H3,(H,28,34)(H,29,35). The van der Waals surface area contributed by atoms with Crippen LogP contribution in [-0.4, -0.2) is 44.0 Å². The Kier molecular flexibility index (Phi) is 6.86. The molecule has 8 heteroatoms. The summed E-state index contributed by atoms with van der Waals surface area (Å²) in [7, 11) is 0. The van der Waals surface area contributed by atoms with Crippen molar-refractivity contribution in [1.82, 2.24) is 30.2 Å². The molecule has 0 aliphatic heterocycles. The number of hydrogen-bond acceptors (Lipinski definition) is 4. The fraction of sp³-hybridized carbons (Fsp3) is 0.704. The highest BCUT2D eigenvalue weighted by Crippen LogP contribution is 2.42. The van der Waals surface area contributed by atoms with Gasteiger partial charge in [0, 0.05) is 35.8 Å². The molecular weight excluding hydrogens is 440 g/mol. The lowest BCUT2D eigenvalue weighted by atomic mass is 10.1. The second kappa shape index (κ2) is 9.43. The molecule has 0 spiro atoms. The average Bonchev–Trinajstić information content (AvgIpc) is 3.69. The molecule has 2 N–H and O–H groups in total. The monoisotopic (exact) mass is 482 g/mol. The summed E-state index contributed by atoms with van der Waals surface area (Å²) >= 11 is 0. The second-order valence-corrected chi connectivity index (χ2v) is 12.3. The molecule has 2 heterocycles. The first-order valence-corrected chi connectivity index (χ1v) is 13.2. The second-order valence-electron chi connectivity index (χ2n) is 12.3. The number of aromatic nitrogens is 4. The third-order valence-electron chi connectivity index (χ3n) is 6.68. The van der Waals surface area contributed by atoms with Gasteiger partial charge in [-0.2, -0.15) is 10.2 Å². The van der Waals surface area contributed by atoms with Crippen molar-refractivity contribution in [2.75, 3.05) is 6.54 Å². The SMILES string of the molecule is CCCC(CNC(=O)c1cc(C2CC2)n(C(C)(C)C)n1)NC(=O)c1cc(C2CC2)n(C(C)(C)C)n1. The predicted octanol–water partition coefficient (Wildman–Crippen LogP) is 4.67. The molecule has 0 aromatic carbocycles. The highest BCUT2D eigenvalue weighted by atomic mass is 16.2. The number of carbonyl (C=O) groups excluding carboxylic acids is 2. The summed E-state index contributed by atoms with van der Waals surface area (Å²) in [5.41, 5.74) is 2.83. The van der Waals surface area contributed by atoms with E-state index in [2.05, 4.69) is 69.3 Å². The lowest BCUT2D eigenvalue weighted by molar-refractivity contribution is 0.0899. The molecule has 1 atom stereocenters. The third kappa shape index (κ3) is 5.96. The first-order valence-electron chi connectivity index (χ1n) is 13.2. The van der Waals surface area contributed by atoms with Crippen molar-refractivity contribution in [1.29, 1.82) is 0 Å². The van der Waals surface area contributed by atoms with Crippen molar-refractivity contribution in [3.63, 3.8) is 0 Å². The molecule has 2 aromatic heterocycles. The molecule has 0 saturated heterocycles. The van der Waals surface area contributed by atoms with E-state index in [0.717, 1.165) is 49.9 Å². The van der Waals surface area contributed by atoms with E-state index in [9.17, 15) is 9.59 Å². The normalized spacial score (nSPS) is 17.3. The average molecular weight is 483 g/mol. The molecule has 2 aliphatic rings. The van der Waals surface area contributed by atoms with E-state index in [0.29, 0.717) is 29.8 Å². The van der Waals surface area contributed by atoms with E-state index in [-0.39, 0.29) is 28.9 Å². The highest BCUT2D eigenvalue weighted by Gasteiger charge is 2.34. The summed E-state index contributed by atoms with van der Waals surface area (Å²) in [6.45, 7) is 15.1. The topological polar surface area (TPSA) is 93.8 Å². The van der Waals surface area contributed by atoms with Gasteiger partial charge in [0.2, 0.25) is 0 Å². The van der Waals surface area contributed by atoms with Gasteiger partial charge in [-0.3, -0.25) is 19.0 Å². The molecule has 8 nitrogen and oxygen atoms in total. The fourth-order valence-electron chi connectivity index (χ4n) is 4.57. The van der Waals surface area contributed by atoms with Crippen molar-refractivity contribution in [3.05, 3.63) is 34.9 Å². The van der Waals surface area contributed by atoms with E-state index in [1.807, 2.05) is 21.5 Å². The summed E-state index contributed by atoms with van der Waals surface area (Å²) in [5, 5.41) is 15.4. The van der Waals surface area contributed by atoms with E-state index in [4.69, 9.17) is 0 Å². The smallest absolute Gasteiger partial charge is 0.272 e. The largest absolute Gasteiger partial charge is 0.349 e. The van der Waals surface area contributed by atoms with Gasteiger partial charge in [-0.05, 0) is 85.8 Å². The third-order valence-corrected chi connectivity index (χ3v) is 6.68. The summed E-state index contributed by atoms with van der Waals surface area (Å²) in [6.07, 6.45) is 6.28. The van der Waals surface area contributed by atoms with Gasteiger partial charge in [0.25, 0.3) is 11.8 Å². The Labute approximate surface area is 209 Å². The summed E-state index contributed by atoms with van der Waals surface area (Å²) in [4.78, 5) is 26.1. The zero-order chi connectivity index (χ0) is 25.5. The Morgan fingerprint density at radius 1 is 0.886 bits per heavy atom. The van der Waals surface area contributed by atoms with Crippen LogP contribution in [0.3, 0.4) is 0 Å². The molecule has 2 aromatic rings. The Bertz CT molecular complexity index is 1080.